The van der Waals surface area contributed by atoms with Crippen molar-refractivity contribution in [1.29, 1.82) is 0 Å². The number of carbonyl (C=O) groups is 1. The van der Waals surface area contributed by atoms with Gasteiger partial charge in [0.2, 0.25) is 5.56 Å². The minimum absolute atomic E-state index is 0.255. The summed E-state index contributed by atoms with van der Waals surface area (Å²) in [6.07, 6.45) is 4.87. The molecule has 0 atom stereocenters. The molecule has 5 nitrogen and oxygen atoms in total. The monoisotopic (exact) mass is 399 g/mol. The quantitative estimate of drug-likeness (QED) is 0.338. The average Bonchev–Trinajstić information content (AvgIpc) is 2.79. The molecule has 0 spiro atoms. The first kappa shape index (κ1) is 21.0. The summed E-state index contributed by atoms with van der Waals surface area (Å²) in [6.45, 7) is 4.36. The highest BCUT2D eigenvalue weighted by atomic mass is 16.2. The molecule has 2 aromatic carbocycles. The molecule has 1 amide bonds. The van der Waals surface area contributed by atoms with Gasteiger partial charge in [-0.25, -0.2) is 5.43 Å². The molecule has 0 aliphatic rings. The summed E-state index contributed by atoms with van der Waals surface area (Å²) in [4.78, 5) is 25.5. The lowest BCUT2D eigenvalue weighted by molar-refractivity contribution is 0.0954. The van der Waals surface area contributed by atoms with Crippen LogP contribution < -0.4 is 11.0 Å². The zero-order valence-corrected chi connectivity index (χ0v) is 17.2. The van der Waals surface area contributed by atoms with Crippen molar-refractivity contribution < 1.29 is 4.79 Å². The van der Waals surface area contributed by atoms with Gasteiger partial charge in [-0.15, -0.1) is 0 Å². The molecule has 0 fully saturated rings. The third kappa shape index (κ3) is 5.20. The van der Waals surface area contributed by atoms with Crippen LogP contribution in [0.5, 0.6) is 0 Å². The average molecular weight is 399 g/mol. The van der Waals surface area contributed by atoms with Crippen LogP contribution in [0, 0.1) is 0 Å². The molecule has 5 heteroatoms. The topological polar surface area (TPSA) is 74.3 Å². The molecule has 0 aliphatic heterocycles. The molecule has 0 unspecified atom stereocenters. The van der Waals surface area contributed by atoms with Gasteiger partial charge in [0.15, 0.2) is 0 Å². The fourth-order valence-electron chi connectivity index (χ4n) is 3.37. The van der Waals surface area contributed by atoms with Crippen molar-refractivity contribution in [1.82, 2.24) is 10.4 Å². The summed E-state index contributed by atoms with van der Waals surface area (Å²) in [7, 11) is 0. The number of nitrogens with one attached hydrogen (secondary N) is 2. The fraction of sp³-hybridized carbons (Fsp3) is 0.160. The van der Waals surface area contributed by atoms with Crippen LogP contribution in [0.1, 0.15) is 53.7 Å². The largest absolute Gasteiger partial charge is 0.328 e. The van der Waals surface area contributed by atoms with Gasteiger partial charge in [0.05, 0.1) is 11.8 Å². The van der Waals surface area contributed by atoms with Crippen molar-refractivity contribution in [3.8, 4) is 0 Å². The lowest BCUT2D eigenvalue weighted by Crippen LogP contribution is -2.19. The first-order chi connectivity index (χ1) is 14.6. The van der Waals surface area contributed by atoms with Gasteiger partial charge in [-0.2, -0.15) is 5.10 Å². The Morgan fingerprint density at radius 1 is 0.867 bits per heavy atom. The molecule has 0 aliphatic carbocycles. The minimum atomic E-state index is -0.384. The van der Waals surface area contributed by atoms with E-state index in [4.69, 9.17) is 0 Å². The Morgan fingerprint density at radius 3 is 2.03 bits per heavy atom. The third-order valence-electron chi connectivity index (χ3n) is 4.88. The second kappa shape index (κ2) is 10.2. The van der Waals surface area contributed by atoms with Gasteiger partial charge in [-0.3, -0.25) is 9.59 Å². The van der Waals surface area contributed by atoms with E-state index in [-0.39, 0.29) is 11.5 Å². The maximum atomic E-state index is 12.0. The van der Waals surface area contributed by atoms with Crippen molar-refractivity contribution in [2.45, 2.75) is 26.7 Å². The Hall–Kier alpha value is -3.73. The zero-order chi connectivity index (χ0) is 21.3. The van der Waals surface area contributed by atoms with Crippen molar-refractivity contribution >= 4 is 23.3 Å². The summed E-state index contributed by atoms with van der Waals surface area (Å²) < 4.78 is 0. The van der Waals surface area contributed by atoms with Gasteiger partial charge < -0.3 is 4.98 Å². The van der Waals surface area contributed by atoms with E-state index in [0.29, 0.717) is 5.56 Å². The highest BCUT2D eigenvalue weighted by molar-refractivity contribution is 5.95. The maximum absolute atomic E-state index is 12.0. The Balaban J connectivity index is 1.74. The molecule has 0 radical (unpaired) electrons. The van der Waals surface area contributed by atoms with Gasteiger partial charge in [0.25, 0.3) is 5.91 Å². The van der Waals surface area contributed by atoms with Crippen LogP contribution >= 0.6 is 0 Å². The van der Waals surface area contributed by atoms with Gasteiger partial charge >= 0.3 is 0 Å². The molecule has 3 rings (SSSR count). The number of carbonyl (C=O) groups excluding carboxylic acids is 1. The number of hydrogen-bond acceptors (Lipinski definition) is 3. The maximum Gasteiger partial charge on any atom is 0.272 e. The number of nitrogens with zero attached hydrogens (tertiary/aromatic N) is 1. The first-order valence-corrected chi connectivity index (χ1v) is 10.0. The van der Waals surface area contributed by atoms with E-state index >= 15 is 0 Å². The Kier molecular flexibility index (Phi) is 7.11. The molecule has 0 bridgehead atoms. The van der Waals surface area contributed by atoms with Crippen LogP contribution in [0.4, 0.5) is 0 Å². The van der Waals surface area contributed by atoms with Crippen molar-refractivity contribution in [3.63, 3.8) is 0 Å². The van der Waals surface area contributed by atoms with Gasteiger partial charge in [-0.1, -0.05) is 68.4 Å². The first-order valence-electron chi connectivity index (χ1n) is 10.0. The Labute approximate surface area is 176 Å². The molecular weight excluding hydrogens is 374 g/mol. The van der Waals surface area contributed by atoms with Crippen LogP contribution in [-0.2, 0) is 0 Å². The summed E-state index contributed by atoms with van der Waals surface area (Å²) in [5.74, 6) is -0.384. The number of rotatable bonds is 7. The number of benzene rings is 2. The van der Waals surface area contributed by atoms with E-state index in [1.54, 1.807) is 6.21 Å². The lowest BCUT2D eigenvalue weighted by atomic mass is 9.91. The smallest absolute Gasteiger partial charge is 0.272 e. The highest BCUT2D eigenvalue weighted by Gasteiger charge is 2.09. The number of hydrazone groups is 1. The molecule has 30 heavy (non-hydrogen) atoms. The molecule has 3 aromatic rings. The van der Waals surface area contributed by atoms with Gasteiger partial charge in [-0.05, 0) is 46.7 Å². The zero-order valence-electron chi connectivity index (χ0n) is 17.2. The van der Waals surface area contributed by atoms with Gasteiger partial charge in [0, 0.05) is 12.3 Å². The third-order valence-corrected chi connectivity index (χ3v) is 4.88. The predicted molar refractivity (Wildman–Crippen MR) is 122 cm³/mol. The number of aromatic amines is 1. The molecule has 0 saturated heterocycles. The number of amides is 1. The van der Waals surface area contributed by atoms with Crippen LogP contribution in [0.15, 0.2) is 82.8 Å². The van der Waals surface area contributed by atoms with E-state index in [1.807, 2.05) is 18.2 Å². The number of aromatic nitrogens is 1. The summed E-state index contributed by atoms with van der Waals surface area (Å²) in [5.41, 5.74) is 8.56. The number of pyridine rings is 1. The van der Waals surface area contributed by atoms with E-state index in [1.165, 1.54) is 40.6 Å². The molecule has 152 valence electrons. The number of allylic oxidation sites excluding steroid dienone is 2. The predicted octanol–water partition coefficient (Wildman–Crippen LogP) is 4.87. The van der Waals surface area contributed by atoms with Crippen LogP contribution in [0.25, 0.3) is 11.1 Å². The molecule has 1 heterocycles. The second-order valence-corrected chi connectivity index (χ2v) is 6.79. The molecular formula is C25H25N3O2. The van der Waals surface area contributed by atoms with E-state index in [2.05, 4.69) is 65.8 Å². The molecule has 0 saturated carbocycles. The lowest BCUT2D eigenvalue weighted by Gasteiger charge is -2.14. The molecule has 2 N–H and O–H groups in total. The number of hydrogen-bond donors (Lipinski definition) is 2. The molecule has 1 aromatic heterocycles. The van der Waals surface area contributed by atoms with E-state index in [0.717, 1.165) is 18.4 Å². The van der Waals surface area contributed by atoms with Crippen molar-refractivity contribution in [2.75, 3.05) is 0 Å². The van der Waals surface area contributed by atoms with Crippen LogP contribution in [0.2, 0.25) is 0 Å². The summed E-state index contributed by atoms with van der Waals surface area (Å²) in [6, 6.07) is 21.4. The normalized spacial score (nSPS) is 11.9. The standard InChI is InChI=1S/C25H25N3O2/c1-3-22(19-8-6-5-7-9-19)23(4-2)20-12-10-18(11-13-20)16-27-28-25(30)21-14-15-24(29)26-17-21/h5-17H,3-4H2,1-2H3,(H,26,29)(H,28,30)/b23-22+,27-16+. The number of H-pyrrole nitrogens is 1. The summed E-state index contributed by atoms with van der Waals surface area (Å²) in [5, 5.41) is 4.01. The second-order valence-electron chi connectivity index (χ2n) is 6.79. The van der Waals surface area contributed by atoms with Gasteiger partial charge in [0.1, 0.15) is 0 Å². The minimum Gasteiger partial charge on any atom is -0.328 e. The highest BCUT2D eigenvalue weighted by Crippen LogP contribution is 2.31. The van der Waals surface area contributed by atoms with Crippen LogP contribution in [0.3, 0.4) is 0 Å². The van der Waals surface area contributed by atoms with Crippen molar-refractivity contribution in [2.24, 2.45) is 5.10 Å². The Bertz CT molecular complexity index is 1090. The van der Waals surface area contributed by atoms with E-state index < -0.39 is 0 Å². The Morgan fingerprint density at radius 2 is 1.47 bits per heavy atom. The van der Waals surface area contributed by atoms with Crippen molar-refractivity contribution in [3.05, 3.63) is 106 Å². The SMILES string of the molecule is CC/C(=C(/CC)c1ccc(/C=N/NC(=O)c2ccc(=O)[nH]c2)cc1)c1ccccc1. The fourth-order valence-corrected chi connectivity index (χ4v) is 3.37. The van der Waals surface area contributed by atoms with E-state index in [9.17, 15) is 9.59 Å². The summed E-state index contributed by atoms with van der Waals surface area (Å²) >= 11 is 0. The van der Waals surface area contributed by atoms with Crippen LogP contribution in [-0.4, -0.2) is 17.1 Å².